The molecule has 0 saturated heterocycles. The summed E-state index contributed by atoms with van der Waals surface area (Å²) in [6, 6.07) is 0. The van der Waals surface area contributed by atoms with Crippen LogP contribution in [0.4, 0.5) is 79.0 Å². The van der Waals surface area contributed by atoms with E-state index in [1.165, 1.54) is 0 Å². The van der Waals surface area contributed by atoms with E-state index in [1.807, 2.05) is 0 Å². The third kappa shape index (κ3) is 19.9. The molecule has 0 rings (SSSR count). The van der Waals surface area contributed by atoms with Gasteiger partial charge in [0.15, 0.2) is 0 Å². The molecule has 0 saturated carbocycles. The molecule has 0 aliphatic rings. The number of ketones is 3. The van der Waals surface area contributed by atoms with Gasteiger partial charge in [-0.15, -0.1) is 0 Å². The Hall–Kier alpha value is -3.10. The first-order chi connectivity index (χ1) is 16.6. The van der Waals surface area contributed by atoms with Crippen LogP contribution < -0.4 is 0 Å². The van der Waals surface area contributed by atoms with Crippen LogP contribution in [0, 0.1) is 0 Å². The number of hydrogen-bond donors (Lipinski definition) is 3. The molecule has 0 unspecified atom stereocenters. The van der Waals surface area contributed by atoms with Gasteiger partial charge >= 0.3 is 37.1 Å². The Balaban J connectivity index is -0.000000240. The summed E-state index contributed by atoms with van der Waals surface area (Å²) in [6.45, 7) is 0. The van der Waals surface area contributed by atoms with Crippen LogP contribution in [0.15, 0.2) is 35.5 Å². The third-order valence-electron chi connectivity index (χ3n) is 2.51. The molecule has 3 N–H and O–H groups in total. The maximum atomic E-state index is 11.4. The molecule has 234 valence electrons. The van der Waals surface area contributed by atoms with Crippen LogP contribution in [0.3, 0.4) is 0 Å². The number of hydrogen-bond acceptors (Lipinski definition) is 6. The zero-order valence-electron chi connectivity index (χ0n) is 17.5. The fourth-order valence-electron chi connectivity index (χ4n) is 0.864. The number of allylic oxidation sites excluding steroid dienone is 6. The van der Waals surface area contributed by atoms with Gasteiger partial charge in [0, 0.05) is 35.6 Å². The smallest absolute Gasteiger partial charge is 0.454 e. The molecule has 0 aliphatic carbocycles. The van der Waals surface area contributed by atoms with Gasteiger partial charge < -0.3 is 15.3 Å². The van der Waals surface area contributed by atoms with Crippen LogP contribution in [0.5, 0.6) is 0 Å². The van der Waals surface area contributed by atoms with Crippen molar-refractivity contribution in [3.05, 3.63) is 35.5 Å². The van der Waals surface area contributed by atoms with Crippen molar-refractivity contribution < 1.29 is 126 Å². The summed E-state index contributed by atoms with van der Waals surface area (Å²) in [6.07, 6.45) is -35.0. The van der Waals surface area contributed by atoms with Crippen LogP contribution in [-0.4, -0.2) is 69.7 Å². The van der Waals surface area contributed by atoms with Crippen LogP contribution >= 0.6 is 0 Å². The summed E-state index contributed by atoms with van der Waals surface area (Å²) < 4.78 is 204. The maximum absolute atomic E-state index is 11.4. The molecule has 25 heteroatoms. The SMILES string of the molecule is O=C(/C=C(/O)C(F)(F)F)C(F)(F)F.O=C(/C=C(\O)C(F)(F)F)C(F)(F)F.O=C(/C=C(\O)C(F)(F)F)C(F)(F)F.[Cr]. The fraction of sp³-hybridized carbons (Fsp3) is 0.400. The van der Waals surface area contributed by atoms with E-state index in [-0.39, 0.29) is 17.4 Å². The van der Waals surface area contributed by atoms with E-state index in [9.17, 15) is 93.4 Å². The Bertz CT molecular complexity index is 834. The quantitative estimate of drug-likeness (QED) is 0.182. The van der Waals surface area contributed by atoms with Crippen molar-refractivity contribution in [2.24, 2.45) is 0 Å². The minimum absolute atomic E-state index is 0. The van der Waals surface area contributed by atoms with Gasteiger partial charge in [0.1, 0.15) is 0 Å². The van der Waals surface area contributed by atoms with Crippen molar-refractivity contribution in [2.45, 2.75) is 37.1 Å². The van der Waals surface area contributed by atoms with Gasteiger partial charge in [-0.3, -0.25) is 14.4 Å². The summed E-state index contributed by atoms with van der Waals surface area (Å²) in [7, 11) is 0. The van der Waals surface area contributed by atoms with Crippen LogP contribution in [0.2, 0.25) is 0 Å². The molecule has 6 nitrogen and oxygen atoms in total. The Morgan fingerprint density at radius 3 is 0.550 bits per heavy atom. The summed E-state index contributed by atoms with van der Waals surface area (Å²) in [5.74, 6) is -16.0. The second-order valence-electron chi connectivity index (χ2n) is 5.67. The van der Waals surface area contributed by atoms with Crippen molar-refractivity contribution in [2.75, 3.05) is 0 Å². The van der Waals surface area contributed by atoms with Gasteiger partial charge in [-0.1, -0.05) is 0 Å². The molecule has 40 heavy (non-hydrogen) atoms. The Morgan fingerprint density at radius 1 is 0.350 bits per heavy atom. The van der Waals surface area contributed by atoms with E-state index < -0.39 is 89.9 Å². The molecule has 0 spiro atoms. The molecule has 0 aromatic rings. The Labute approximate surface area is 217 Å². The average molecular weight is 676 g/mol. The van der Waals surface area contributed by atoms with E-state index in [0.29, 0.717) is 0 Å². The molecule has 0 aromatic heterocycles. The number of carbonyl (C=O) groups is 3. The van der Waals surface area contributed by atoms with Gasteiger partial charge in [0.2, 0.25) is 17.3 Å². The minimum atomic E-state index is -5.42. The minimum Gasteiger partial charge on any atom is -0.504 e. The van der Waals surface area contributed by atoms with Crippen molar-refractivity contribution in [3.8, 4) is 0 Å². The van der Waals surface area contributed by atoms with E-state index >= 15 is 0 Å². The average Bonchev–Trinajstić information content (AvgIpc) is 2.64. The van der Waals surface area contributed by atoms with Gasteiger partial charge in [-0.25, -0.2) is 0 Å². The van der Waals surface area contributed by atoms with Crippen molar-refractivity contribution in [1.82, 2.24) is 0 Å². The van der Waals surface area contributed by atoms with Gasteiger partial charge in [0.05, 0.1) is 0 Å². The number of carbonyl (C=O) groups excluding carboxylic acids is 3. The molecular weight excluding hydrogens is 670 g/mol. The number of halogens is 18. The number of aliphatic hydroxyl groups excluding tert-OH is 3. The number of aliphatic hydroxyl groups is 3. The monoisotopic (exact) mass is 676 g/mol. The molecule has 0 fully saturated rings. The van der Waals surface area contributed by atoms with Crippen LogP contribution in [-0.2, 0) is 31.7 Å². The van der Waals surface area contributed by atoms with Crippen molar-refractivity contribution in [3.63, 3.8) is 0 Å². The first-order valence-electron chi connectivity index (χ1n) is 7.92. The van der Waals surface area contributed by atoms with Crippen LogP contribution in [0.25, 0.3) is 0 Å². The van der Waals surface area contributed by atoms with Crippen LogP contribution in [0.1, 0.15) is 0 Å². The standard InChI is InChI=1S/3C5H2F6O2.Cr/c3*6-4(7,8)2(12)1-3(13)5(9,10)11;/h3*1,12H;/b2-1+;2*2-1-;. The van der Waals surface area contributed by atoms with Gasteiger partial charge in [-0.2, -0.15) is 79.0 Å². The van der Waals surface area contributed by atoms with E-state index in [0.717, 1.165) is 0 Å². The number of alkyl halides is 18. The molecule has 0 bridgehead atoms. The first-order valence-corrected chi connectivity index (χ1v) is 7.92. The first kappa shape index (κ1) is 43.9. The molecule has 0 aliphatic heterocycles. The zero-order valence-corrected chi connectivity index (χ0v) is 18.8. The zero-order chi connectivity index (χ0) is 32.6. The van der Waals surface area contributed by atoms with Gasteiger partial charge in [-0.05, 0) is 0 Å². The number of rotatable bonds is 3. The summed E-state index contributed by atoms with van der Waals surface area (Å²) in [5, 5.41) is 23.8. The predicted molar refractivity (Wildman–Crippen MR) is 83.5 cm³/mol. The summed E-state index contributed by atoms with van der Waals surface area (Å²) in [5.41, 5.74) is 0. The molecule has 0 heterocycles. The fourth-order valence-corrected chi connectivity index (χ4v) is 0.864. The molecule has 0 radical (unpaired) electrons. The Morgan fingerprint density at radius 2 is 0.475 bits per heavy atom. The Kier molecular flexibility index (Phi) is 16.5. The molecule has 0 aromatic carbocycles. The van der Waals surface area contributed by atoms with Crippen molar-refractivity contribution in [1.29, 1.82) is 0 Å². The van der Waals surface area contributed by atoms with Crippen molar-refractivity contribution >= 4 is 17.3 Å². The topological polar surface area (TPSA) is 112 Å². The normalized spacial score (nSPS) is 14.1. The predicted octanol–water partition coefficient (Wildman–Crippen LogP) is 6.36. The molecule has 0 amide bonds. The second kappa shape index (κ2) is 15.1. The van der Waals surface area contributed by atoms with E-state index in [2.05, 4.69) is 0 Å². The summed E-state index contributed by atoms with van der Waals surface area (Å²) >= 11 is 0. The van der Waals surface area contributed by atoms with E-state index in [1.54, 1.807) is 0 Å². The largest absolute Gasteiger partial charge is 0.504 e. The third-order valence-corrected chi connectivity index (χ3v) is 2.51. The van der Waals surface area contributed by atoms with E-state index in [4.69, 9.17) is 15.3 Å². The summed E-state index contributed by atoms with van der Waals surface area (Å²) in [4.78, 5) is 29.6. The van der Waals surface area contributed by atoms with Gasteiger partial charge in [0.25, 0.3) is 17.3 Å². The molecule has 0 atom stereocenters. The maximum Gasteiger partial charge on any atom is 0.454 e. The molecular formula is C15H6CrF18O6. The second-order valence-corrected chi connectivity index (χ2v) is 5.67.